The number of hydrogen-bond donors (Lipinski definition) is 1. The highest BCUT2D eigenvalue weighted by molar-refractivity contribution is 14.2. The van der Waals surface area contributed by atoms with Gasteiger partial charge in [0.25, 0.3) is 0 Å². The molecule has 1 aromatic heterocycles. The van der Waals surface area contributed by atoms with Gasteiger partial charge in [-0.1, -0.05) is 40.5 Å². The van der Waals surface area contributed by atoms with Gasteiger partial charge < -0.3 is 4.98 Å². The summed E-state index contributed by atoms with van der Waals surface area (Å²) in [6.45, 7) is 2.23. The van der Waals surface area contributed by atoms with Crippen molar-refractivity contribution in [1.29, 1.82) is 0 Å². The third-order valence-electron chi connectivity index (χ3n) is 2.30. The van der Waals surface area contributed by atoms with Crippen LogP contribution in [0.2, 0.25) is 0 Å². The number of aryl methyl sites for hydroxylation is 1. The molecule has 1 aliphatic rings. The van der Waals surface area contributed by atoms with Gasteiger partial charge >= 0.3 is 0 Å². The van der Waals surface area contributed by atoms with Crippen LogP contribution in [0.4, 0.5) is 0 Å². The molecule has 0 spiro atoms. The van der Waals surface area contributed by atoms with Crippen molar-refractivity contribution >= 4 is 34.9 Å². The number of aromatic amines is 1. The molecule has 0 unspecified atom stereocenters. The molecule has 14 heavy (non-hydrogen) atoms. The van der Waals surface area contributed by atoms with Crippen molar-refractivity contribution in [1.82, 2.24) is 9.97 Å². The van der Waals surface area contributed by atoms with E-state index in [0.29, 0.717) is 0 Å². The fraction of sp³-hybridized carbons (Fsp3) is 0.455. The van der Waals surface area contributed by atoms with Gasteiger partial charge in [-0.2, -0.15) is 0 Å². The molecule has 3 heteroatoms. The topological polar surface area (TPSA) is 28.7 Å². The molecule has 1 N–H and O–H groups in total. The number of halogens is 1. The number of aromatic nitrogens is 2. The third kappa shape index (κ3) is 2.32. The van der Waals surface area contributed by atoms with E-state index in [-0.39, 0.29) is 20.7 Å². The van der Waals surface area contributed by atoms with Crippen molar-refractivity contribution in [3.8, 4) is 0 Å². The van der Waals surface area contributed by atoms with E-state index < -0.39 is 0 Å². The average molecular weight is 302 g/mol. The Bertz CT molecular complexity index is 407. The van der Waals surface area contributed by atoms with Crippen LogP contribution in [0, 0.1) is 0 Å². The van der Waals surface area contributed by atoms with Gasteiger partial charge in [0.15, 0.2) is 0 Å². The molecule has 0 saturated heterocycles. The van der Waals surface area contributed by atoms with Crippen LogP contribution in [0.1, 0.15) is 32.0 Å². The van der Waals surface area contributed by atoms with Crippen LogP contribution in [0.15, 0.2) is 0 Å². The third-order valence-corrected chi connectivity index (χ3v) is 4.02. The van der Waals surface area contributed by atoms with E-state index in [1.165, 1.54) is 30.0 Å². The van der Waals surface area contributed by atoms with Gasteiger partial charge in [-0.25, -0.2) is 4.98 Å². The van der Waals surface area contributed by atoms with Crippen LogP contribution in [-0.2, 0) is 6.42 Å². The van der Waals surface area contributed by atoms with Gasteiger partial charge in [0.1, 0.15) is 5.82 Å². The molecule has 0 atom stereocenters. The minimum Gasteiger partial charge on any atom is -0.342 e. The lowest BCUT2D eigenvalue weighted by Gasteiger charge is -1.93. The summed E-state index contributed by atoms with van der Waals surface area (Å²) in [4.78, 5) is 7.97. The number of H-pyrrole nitrogens is 1. The SMILES string of the molecule is CCCCCc1nc2c([nH]1)=CC=IC=2. The summed E-state index contributed by atoms with van der Waals surface area (Å²) in [5.74, 6) is 1.16. The molecule has 0 radical (unpaired) electrons. The molecule has 1 aromatic rings. The van der Waals surface area contributed by atoms with Gasteiger partial charge in [-0.05, 0) is 20.6 Å². The van der Waals surface area contributed by atoms with E-state index in [9.17, 15) is 0 Å². The molecule has 2 heterocycles. The minimum atomic E-state index is 0.134. The number of fused-ring (bicyclic) bond motifs is 1. The number of nitrogens with one attached hydrogen (secondary N) is 1. The zero-order valence-corrected chi connectivity index (χ0v) is 10.5. The number of hydrogen-bond acceptors (Lipinski definition) is 1. The van der Waals surface area contributed by atoms with Crippen LogP contribution in [0.3, 0.4) is 0 Å². The van der Waals surface area contributed by atoms with Crippen molar-refractivity contribution in [2.75, 3.05) is 0 Å². The lowest BCUT2D eigenvalue weighted by Crippen LogP contribution is -2.24. The number of rotatable bonds is 4. The van der Waals surface area contributed by atoms with Crippen molar-refractivity contribution < 1.29 is 0 Å². The fourth-order valence-electron chi connectivity index (χ4n) is 1.52. The van der Waals surface area contributed by atoms with E-state index in [1.54, 1.807) is 0 Å². The second kappa shape index (κ2) is 4.87. The maximum atomic E-state index is 4.59. The van der Waals surface area contributed by atoms with E-state index in [4.69, 9.17) is 0 Å². The molecule has 2 rings (SSSR count). The molecular formula is C11H15IN2. The first-order valence-electron chi connectivity index (χ1n) is 5.10. The van der Waals surface area contributed by atoms with Crippen LogP contribution in [-0.4, -0.2) is 14.0 Å². The smallest absolute Gasteiger partial charge is 0.107 e. The van der Waals surface area contributed by atoms with Crippen molar-refractivity contribution in [2.45, 2.75) is 32.6 Å². The van der Waals surface area contributed by atoms with Gasteiger partial charge in [0.2, 0.25) is 0 Å². The first kappa shape index (κ1) is 10.1. The largest absolute Gasteiger partial charge is 0.342 e. The quantitative estimate of drug-likeness (QED) is 0.662. The van der Waals surface area contributed by atoms with Crippen molar-refractivity contribution in [3.05, 3.63) is 16.5 Å². The summed E-state index contributed by atoms with van der Waals surface area (Å²) >= 11 is 0.134. The number of nitrogens with zero attached hydrogens (tertiary/aromatic N) is 1. The average Bonchev–Trinajstić information content (AvgIpc) is 2.60. The van der Waals surface area contributed by atoms with Crippen LogP contribution in [0.25, 0.3) is 10.2 Å². The standard InChI is InChI=1S/C11H15IN2/c1-2-3-4-5-11-13-9-6-7-12-8-10(9)14-11/h6-8H,2-5H2,1H3,(H,13,14). The first-order chi connectivity index (χ1) is 6.90. The van der Waals surface area contributed by atoms with Gasteiger partial charge in [-0.15, -0.1) is 0 Å². The van der Waals surface area contributed by atoms with Crippen molar-refractivity contribution in [3.63, 3.8) is 0 Å². The van der Waals surface area contributed by atoms with E-state index in [2.05, 4.69) is 31.1 Å². The molecule has 0 amide bonds. The zero-order chi connectivity index (χ0) is 9.80. The molecule has 76 valence electrons. The Labute approximate surface area is 93.9 Å². The van der Waals surface area contributed by atoms with Crippen LogP contribution < -0.4 is 10.7 Å². The molecular weight excluding hydrogens is 287 g/mol. The van der Waals surface area contributed by atoms with E-state index in [0.717, 1.165) is 12.2 Å². The molecule has 2 nitrogen and oxygen atoms in total. The lowest BCUT2D eigenvalue weighted by molar-refractivity contribution is 0.698. The summed E-state index contributed by atoms with van der Waals surface area (Å²) in [7, 11) is 0. The second-order valence-electron chi connectivity index (χ2n) is 3.47. The van der Waals surface area contributed by atoms with Gasteiger partial charge in [-0.3, -0.25) is 0 Å². The maximum Gasteiger partial charge on any atom is 0.107 e. The number of unbranched alkanes of at least 4 members (excludes halogenated alkanes) is 2. The van der Waals surface area contributed by atoms with Crippen molar-refractivity contribution in [2.24, 2.45) is 0 Å². The summed E-state index contributed by atoms with van der Waals surface area (Å²) in [5.41, 5.74) is 0. The predicted octanol–water partition coefficient (Wildman–Crippen LogP) is 1.45. The Morgan fingerprint density at radius 1 is 1.43 bits per heavy atom. The summed E-state index contributed by atoms with van der Waals surface area (Å²) in [6.07, 6.45) is 7.11. The zero-order valence-electron chi connectivity index (χ0n) is 8.39. The van der Waals surface area contributed by atoms with E-state index >= 15 is 0 Å². The molecule has 0 fully saturated rings. The Balaban J connectivity index is 2.11. The van der Waals surface area contributed by atoms with Crippen LogP contribution >= 0.6 is 20.7 Å². The second-order valence-corrected chi connectivity index (χ2v) is 5.53. The maximum absolute atomic E-state index is 4.59. The highest BCUT2D eigenvalue weighted by Gasteiger charge is 1.99. The van der Waals surface area contributed by atoms with Crippen LogP contribution in [0.5, 0.6) is 0 Å². The molecule has 0 bridgehead atoms. The van der Waals surface area contributed by atoms with Gasteiger partial charge in [0.05, 0.1) is 10.7 Å². The fourth-order valence-corrected chi connectivity index (χ4v) is 3.11. The Morgan fingerprint density at radius 2 is 2.36 bits per heavy atom. The summed E-state index contributed by atoms with van der Waals surface area (Å²) < 4.78 is 4.56. The first-order valence-corrected chi connectivity index (χ1v) is 7.60. The number of imidazole rings is 1. The molecule has 1 aliphatic heterocycles. The molecule has 0 saturated carbocycles. The Kier molecular flexibility index (Phi) is 3.50. The normalized spacial score (nSPS) is 13.8. The Morgan fingerprint density at radius 3 is 3.14 bits per heavy atom. The van der Waals surface area contributed by atoms with E-state index in [1.807, 2.05) is 0 Å². The molecule has 0 aromatic carbocycles. The highest BCUT2D eigenvalue weighted by atomic mass is 127. The molecule has 0 aliphatic carbocycles. The van der Waals surface area contributed by atoms with Gasteiger partial charge in [0, 0.05) is 6.42 Å². The lowest BCUT2D eigenvalue weighted by atomic mass is 10.2. The monoisotopic (exact) mass is 302 g/mol. The Hall–Kier alpha value is -0.450. The minimum absolute atomic E-state index is 0.134. The predicted molar refractivity (Wildman–Crippen MR) is 70.1 cm³/mol. The summed E-state index contributed by atoms with van der Waals surface area (Å²) in [5, 5.41) is 2.40. The summed E-state index contributed by atoms with van der Waals surface area (Å²) in [6, 6.07) is 0. The highest BCUT2D eigenvalue weighted by Crippen LogP contribution is 2.00.